The molecule has 0 radical (unpaired) electrons. The van der Waals surface area contributed by atoms with Crippen molar-refractivity contribution < 1.29 is 18.4 Å². The number of aromatic nitrogens is 1. The maximum Gasteiger partial charge on any atom is 0.267 e. The van der Waals surface area contributed by atoms with Crippen molar-refractivity contribution >= 4 is 12.2 Å². The summed E-state index contributed by atoms with van der Waals surface area (Å²) < 4.78 is 28.0. The average Bonchev–Trinajstić information content (AvgIpc) is 2.99. The number of benzene rings is 2. The maximum atomic E-state index is 14.5. The minimum Gasteiger partial charge on any atom is -0.364 e. The highest BCUT2D eigenvalue weighted by atomic mass is 19.1. The van der Waals surface area contributed by atoms with Gasteiger partial charge >= 0.3 is 0 Å². The second-order valence-electron chi connectivity index (χ2n) is 11.4. The van der Waals surface area contributed by atoms with Gasteiger partial charge < -0.3 is 20.7 Å². The molecule has 6 nitrogen and oxygen atoms in total. The van der Waals surface area contributed by atoms with E-state index in [0.717, 1.165) is 59.5 Å². The van der Waals surface area contributed by atoms with Crippen LogP contribution in [0.1, 0.15) is 84.5 Å². The molecular formula is C37H52F2N4O2. The molecule has 1 atom stereocenters. The van der Waals surface area contributed by atoms with Gasteiger partial charge in [0.05, 0.1) is 0 Å². The Kier molecular flexibility index (Phi) is 19.8. The zero-order chi connectivity index (χ0) is 34.7. The number of pyridine rings is 1. The van der Waals surface area contributed by atoms with E-state index in [1.54, 1.807) is 32.2 Å². The number of rotatable bonds is 11. The molecule has 3 aromatic rings. The number of carbonyl (C=O) groups excluding carboxylic acids is 2. The van der Waals surface area contributed by atoms with E-state index >= 15 is 0 Å². The molecule has 2 aromatic carbocycles. The third kappa shape index (κ3) is 14.6. The predicted molar refractivity (Wildman–Crippen MR) is 183 cm³/mol. The second-order valence-corrected chi connectivity index (χ2v) is 11.4. The van der Waals surface area contributed by atoms with E-state index in [-0.39, 0.29) is 24.1 Å². The van der Waals surface area contributed by atoms with Gasteiger partial charge in [-0.3, -0.25) is 4.79 Å². The van der Waals surface area contributed by atoms with E-state index in [0.29, 0.717) is 16.8 Å². The number of halogens is 2. The van der Waals surface area contributed by atoms with Gasteiger partial charge in [-0.25, -0.2) is 13.8 Å². The Morgan fingerprint density at radius 2 is 1.62 bits per heavy atom. The first-order chi connectivity index (χ1) is 21.2. The normalized spacial score (nSPS) is 10.9. The minimum absolute atomic E-state index is 0.192. The lowest BCUT2D eigenvalue weighted by atomic mass is 9.90. The summed E-state index contributed by atoms with van der Waals surface area (Å²) in [6.07, 6.45) is 12.2. The van der Waals surface area contributed by atoms with Crippen LogP contribution in [0.2, 0.25) is 0 Å². The number of hydrogen-bond acceptors (Lipinski definition) is 5. The smallest absolute Gasteiger partial charge is 0.267 e. The van der Waals surface area contributed by atoms with Crippen LogP contribution in [0.5, 0.6) is 0 Å². The molecule has 0 fully saturated rings. The van der Waals surface area contributed by atoms with E-state index in [1.807, 2.05) is 40.1 Å². The Balaban J connectivity index is 0.000000754. The van der Waals surface area contributed by atoms with Crippen LogP contribution in [0.25, 0.3) is 11.1 Å². The number of primary amides is 1. The lowest BCUT2D eigenvalue weighted by Crippen LogP contribution is -2.18. The van der Waals surface area contributed by atoms with E-state index in [4.69, 9.17) is 5.73 Å². The van der Waals surface area contributed by atoms with Crippen molar-refractivity contribution in [1.29, 1.82) is 0 Å². The summed E-state index contributed by atoms with van der Waals surface area (Å²) in [5, 5.41) is 2.97. The van der Waals surface area contributed by atoms with Crippen LogP contribution >= 0.6 is 0 Å². The Morgan fingerprint density at radius 1 is 1.04 bits per heavy atom. The van der Waals surface area contributed by atoms with Gasteiger partial charge in [0.2, 0.25) is 0 Å². The van der Waals surface area contributed by atoms with Crippen molar-refractivity contribution in [1.82, 2.24) is 15.2 Å². The SMILES string of the molecule is C#C.CCC(C)C.CN(C)CCCc1cccc(C(N)=O)n1.CN[C@@H](CC=O)c1cc(-c2c(C)cc(F)cc2C)cc(C)c1F. The first-order valence-electron chi connectivity index (χ1n) is 15.2. The monoisotopic (exact) mass is 622 g/mol. The summed E-state index contributed by atoms with van der Waals surface area (Å²) in [5.74, 6) is -0.177. The highest BCUT2D eigenvalue weighted by molar-refractivity contribution is 5.90. The summed E-state index contributed by atoms with van der Waals surface area (Å²) in [6.45, 7) is 13.0. The first-order valence-corrected chi connectivity index (χ1v) is 15.2. The number of nitrogens with two attached hydrogens (primary N) is 1. The molecule has 246 valence electrons. The summed E-state index contributed by atoms with van der Waals surface area (Å²) in [6, 6.07) is 11.5. The van der Waals surface area contributed by atoms with E-state index in [9.17, 15) is 18.4 Å². The molecule has 1 amide bonds. The first kappa shape index (κ1) is 41.1. The van der Waals surface area contributed by atoms with Crippen LogP contribution in [-0.2, 0) is 11.2 Å². The molecule has 45 heavy (non-hydrogen) atoms. The van der Waals surface area contributed by atoms with E-state index in [2.05, 4.69) is 48.8 Å². The lowest BCUT2D eigenvalue weighted by molar-refractivity contribution is -0.108. The standard InChI is InChI=1S/C19H21F2NO.C11H17N3O.C5H12.C2H2/c1-11-8-15(20)9-12(2)18(11)14-7-13(3)19(21)16(10-14)17(22-4)5-6-23;1-14(2)8-4-6-9-5-3-7-10(13-9)11(12)15;1-4-5(2)3;1-2/h6-10,17,22H,5H2,1-4H3;3,5,7H,4,6,8H2,1-2H3,(H2,12,15);5H,4H2,1-3H3;1-2H/t17-;;;/m0.../s1. The highest BCUT2D eigenvalue weighted by Crippen LogP contribution is 2.33. The Bertz CT molecular complexity index is 1350. The molecule has 3 N–H and O–H groups in total. The molecule has 0 aliphatic carbocycles. The molecule has 0 aliphatic heterocycles. The van der Waals surface area contributed by atoms with Gasteiger partial charge in [-0.05, 0) is 131 Å². The number of hydrogen-bond donors (Lipinski definition) is 2. The quantitative estimate of drug-likeness (QED) is 0.172. The van der Waals surface area contributed by atoms with Crippen LogP contribution in [0.4, 0.5) is 8.78 Å². The maximum absolute atomic E-state index is 14.5. The Morgan fingerprint density at radius 3 is 2.09 bits per heavy atom. The molecule has 0 unspecified atom stereocenters. The molecule has 8 heteroatoms. The zero-order valence-electron chi connectivity index (χ0n) is 28.5. The third-order valence-electron chi connectivity index (χ3n) is 7.04. The molecule has 1 heterocycles. The van der Waals surface area contributed by atoms with Crippen molar-refractivity contribution in [3.8, 4) is 24.0 Å². The molecule has 0 saturated heterocycles. The van der Waals surface area contributed by atoms with Crippen LogP contribution in [0.15, 0.2) is 42.5 Å². The number of aldehydes is 1. The van der Waals surface area contributed by atoms with Crippen LogP contribution in [0.3, 0.4) is 0 Å². The number of nitrogens with zero attached hydrogens (tertiary/aromatic N) is 2. The number of aryl methyl sites for hydroxylation is 4. The van der Waals surface area contributed by atoms with Gasteiger partial charge in [0.25, 0.3) is 5.91 Å². The van der Waals surface area contributed by atoms with Crippen molar-refractivity contribution in [2.45, 2.75) is 73.3 Å². The van der Waals surface area contributed by atoms with Gasteiger partial charge in [-0.15, -0.1) is 12.8 Å². The van der Waals surface area contributed by atoms with Crippen molar-refractivity contribution in [3.63, 3.8) is 0 Å². The van der Waals surface area contributed by atoms with Gasteiger partial charge in [0, 0.05) is 23.7 Å². The van der Waals surface area contributed by atoms with Gasteiger partial charge in [0.1, 0.15) is 23.6 Å². The Labute approximate surface area is 269 Å². The van der Waals surface area contributed by atoms with Crippen molar-refractivity contribution in [3.05, 3.63) is 87.7 Å². The molecular weight excluding hydrogens is 570 g/mol. The highest BCUT2D eigenvalue weighted by Gasteiger charge is 2.18. The molecule has 0 bridgehead atoms. The average molecular weight is 623 g/mol. The number of terminal acetylenes is 1. The Hall–Kier alpha value is -3.93. The summed E-state index contributed by atoms with van der Waals surface area (Å²) >= 11 is 0. The van der Waals surface area contributed by atoms with E-state index < -0.39 is 5.91 Å². The lowest BCUT2D eigenvalue weighted by Gasteiger charge is -2.19. The summed E-state index contributed by atoms with van der Waals surface area (Å²) in [5.41, 5.74) is 10.7. The minimum atomic E-state index is -0.468. The zero-order valence-corrected chi connectivity index (χ0v) is 28.5. The van der Waals surface area contributed by atoms with Crippen LogP contribution in [-0.4, -0.2) is 49.8 Å². The molecule has 0 aliphatic rings. The fraction of sp³-hybridized carbons (Fsp3) is 0.432. The largest absolute Gasteiger partial charge is 0.364 e. The second kappa shape index (κ2) is 21.7. The van der Waals surface area contributed by atoms with Gasteiger partial charge in [-0.1, -0.05) is 33.3 Å². The van der Waals surface area contributed by atoms with Gasteiger partial charge in [0.15, 0.2) is 0 Å². The van der Waals surface area contributed by atoms with Crippen molar-refractivity contribution in [2.24, 2.45) is 11.7 Å². The molecule has 0 saturated carbocycles. The molecule has 1 aromatic heterocycles. The summed E-state index contributed by atoms with van der Waals surface area (Å²) in [4.78, 5) is 28.0. The number of amides is 1. The number of carbonyl (C=O) groups is 2. The fourth-order valence-corrected chi connectivity index (χ4v) is 4.39. The number of nitrogens with one attached hydrogen (secondary N) is 1. The third-order valence-corrected chi connectivity index (χ3v) is 7.04. The van der Waals surface area contributed by atoms with Crippen LogP contribution in [0, 0.1) is 51.2 Å². The van der Waals surface area contributed by atoms with Gasteiger partial charge in [-0.2, -0.15) is 0 Å². The predicted octanol–water partition coefficient (Wildman–Crippen LogP) is 7.38. The fourth-order valence-electron chi connectivity index (χ4n) is 4.39. The van der Waals surface area contributed by atoms with E-state index in [1.165, 1.54) is 18.6 Å². The van der Waals surface area contributed by atoms with Crippen molar-refractivity contribution in [2.75, 3.05) is 27.7 Å². The molecule has 0 spiro atoms. The topological polar surface area (TPSA) is 88.3 Å². The molecule has 3 rings (SSSR count). The van der Waals surface area contributed by atoms with Crippen LogP contribution < -0.4 is 11.1 Å². The summed E-state index contributed by atoms with van der Waals surface area (Å²) in [7, 11) is 5.77.